The maximum absolute atomic E-state index is 14.0. The molecule has 28 heavy (non-hydrogen) atoms. The van der Waals surface area contributed by atoms with E-state index >= 15 is 0 Å². The van der Waals surface area contributed by atoms with Gasteiger partial charge in [0.2, 0.25) is 0 Å². The molecule has 1 aliphatic carbocycles. The first-order valence-electron chi connectivity index (χ1n) is 10.6. The molecule has 0 spiro atoms. The molecule has 0 saturated carbocycles. The van der Waals surface area contributed by atoms with Crippen molar-refractivity contribution in [3.8, 4) is 0 Å². The first kappa shape index (κ1) is 19.5. The van der Waals surface area contributed by atoms with E-state index in [-0.39, 0.29) is 5.82 Å². The minimum absolute atomic E-state index is 0.148. The quantitative estimate of drug-likeness (QED) is 0.369. The van der Waals surface area contributed by atoms with Gasteiger partial charge in [0.1, 0.15) is 5.82 Å². The largest absolute Gasteiger partial charge is 0.207 e. The zero-order valence-electron chi connectivity index (χ0n) is 16.6. The molecule has 0 fully saturated rings. The summed E-state index contributed by atoms with van der Waals surface area (Å²) in [5.41, 5.74) is 4.05. The highest BCUT2D eigenvalue weighted by Gasteiger charge is 2.31. The second-order valence-electron chi connectivity index (χ2n) is 8.18. The molecule has 0 N–H and O–H groups in total. The van der Waals surface area contributed by atoms with E-state index < -0.39 is 0 Å². The molecular formula is C26H28ClF. The predicted octanol–water partition coefficient (Wildman–Crippen LogP) is 8.30. The number of halogens is 2. The van der Waals surface area contributed by atoms with E-state index in [1.165, 1.54) is 55.2 Å². The molecule has 0 saturated heterocycles. The Morgan fingerprint density at radius 3 is 2.54 bits per heavy atom. The predicted molar refractivity (Wildman–Crippen MR) is 118 cm³/mol. The molecule has 0 radical (unpaired) electrons. The highest BCUT2D eigenvalue weighted by molar-refractivity contribution is 6.30. The smallest absolute Gasteiger partial charge is 0.123 e. The van der Waals surface area contributed by atoms with Gasteiger partial charge in [-0.2, -0.15) is 0 Å². The van der Waals surface area contributed by atoms with Gasteiger partial charge in [0.25, 0.3) is 0 Å². The van der Waals surface area contributed by atoms with Crippen LogP contribution in [0.5, 0.6) is 0 Å². The Morgan fingerprint density at radius 1 is 0.964 bits per heavy atom. The Morgan fingerprint density at radius 2 is 1.75 bits per heavy atom. The minimum atomic E-state index is -0.148. The lowest BCUT2D eigenvalue weighted by molar-refractivity contribution is 0.368. The van der Waals surface area contributed by atoms with Crippen molar-refractivity contribution >= 4 is 22.4 Å². The molecule has 146 valence electrons. The lowest BCUT2D eigenvalue weighted by Crippen LogP contribution is -2.22. The summed E-state index contributed by atoms with van der Waals surface area (Å²) < 4.78 is 14.0. The van der Waals surface area contributed by atoms with E-state index in [1.54, 1.807) is 12.1 Å². The van der Waals surface area contributed by atoms with E-state index in [4.69, 9.17) is 11.6 Å². The summed E-state index contributed by atoms with van der Waals surface area (Å²) in [7, 11) is 0. The fraction of sp³-hybridized carbons (Fsp3) is 0.385. The summed E-state index contributed by atoms with van der Waals surface area (Å²) >= 11 is 6.16. The molecule has 0 aromatic heterocycles. The molecule has 0 heterocycles. The monoisotopic (exact) mass is 394 g/mol. The van der Waals surface area contributed by atoms with Crippen molar-refractivity contribution in [3.63, 3.8) is 0 Å². The maximum atomic E-state index is 14.0. The Kier molecular flexibility index (Phi) is 6.01. The first-order valence-corrected chi connectivity index (χ1v) is 11.0. The van der Waals surface area contributed by atoms with Gasteiger partial charge in [-0.1, -0.05) is 74.5 Å². The van der Waals surface area contributed by atoms with Crippen molar-refractivity contribution in [1.82, 2.24) is 0 Å². The average molecular weight is 395 g/mol. The number of hydrogen-bond donors (Lipinski definition) is 0. The van der Waals surface area contributed by atoms with Crippen LogP contribution in [0.25, 0.3) is 10.8 Å². The van der Waals surface area contributed by atoms with Crippen LogP contribution in [0.15, 0.2) is 54.6 Å². The maximum Gasteiger partial charge on any atom is 0.123 e. The minimum Gasteiger partial charge on any atom is -0.207 e. The summed E-state index contributed by atoms with van der Waals surface area (Å²) in [6.07, 6.45) is 8.66. The molecule has 1 aliphatic rings. The summed E-state index contributed by atoms with van der Waals surface area (Å²) in [6.45, 7) is 2.26. The number of fused-ring (bicyclic) bond motifs is 3. The Bertz CT molecular complexity index is 945. The summed E-state index contributed by atoms with van der Waals surface area (Å²) in [6, 6.07) is 18.0. The van der Waals surface area contributed by atoms with E-state index in [1.807, 2.05) is 18.2 Å². The number of benzene rings is 3. The van der Waals surface area contributed by atoms with Crippen LogP contribution in [0.4, 0.5) is 4.39 Å². The molecule has 2 atom stereocenters. The number of aryl methyl sites for hydroxylation is 1. The third kappa shape index (κ3) is 3.96. The lowest BCUT2D eigenvalue weighted by atomic mass is 9.69. The third-order valence-corrected chi connectivity index (χ3v) is 6.61. The molecule has 2 heteroatoms. The van der Waals surface area contributed by atoms with Gasteiger partial charge in [0.05, 0.1) is 0 Å². The molecule has 0 unspecified atom stereocenters. The highest BCUT2D eigenvalue weighted by atomic mass is 35.5. The van der Waals surface area contributed by atoms with Crippen molar-refractivity contribution in [2.24, 2.45) is 5.92 Å². The van der Waals surface area contributed by atoms with Gasteiger partial charge in [-0.3, -0.25) is 0 Å². The SMILES string of the molecule is CCCCCC[C@@H]1CCc2c(ccc3ccc(F)cc23)[C@H]1c1ccc(Cl)cc1. The second-order valence-corrected chi connectivity index (χ2v) is 8.61. The van der Waals surface area contributed by atoms with E-state index in [0.717, 1.165) is 22.2 Å². The standard InChI is InChI=1S/C26H28ClF/c1-2-3-4-5-6-19-11-15-23-24(26(19)20-7-12-21(27)13-8-20)16-10-18-9-14-22(28)17-25(18)23/h7-10,12-14,16-17,19,26H,2-6,11,15H2,1H3/t19-,26-/m1/s1. The topological polar surface area (TPSA) is 0 Å². The van der Waals surface area contributed by atoms with Gasteiger partial charge < -0.3 is 0 Å². The molecule has 0 nitrogen and oxygen atoms in total. The lowest BCUT2D eigenvalue weighted by Gasteiger charge is -2.35. The number of hydrogen-bond acceptors (Lipinski definition) is 0. The van der Waals surface area contributed by atoms with Crippen LogP contribution in [-0.4, -0.2) is 0 Å². The number of unbranched alkanes of at least 4 members (excludes halogenated alkanes) is 3. The summed E-state index contributed by atoms with van der Waals surface area (Å²) in [5.74, 6) is 0.859. The van der Waals surface area contributed by atoms with Crippen molar-refractivity contribution in [1.29, 1.82) is 0 Å². The Balaban J connectivity index is 1.75. The van der Waals surface area contributed by atoms with E-state index in [9.17, 15) is 4.39 Å². The van der Waals surface area contributed by atoms with Crippen LogP contribution in [0.2, 0.25) is 5.02 Å². The van der Waals surface area contributed by atoms with Crippen molar-refractivity contribution in [3.05, 3.63) is 82.1 Å². The molecule has 3 aromatic rings. The van der Waals surface area contributed by atoms with Crippen LogP contribution in [-0.2, 0) is 6.42 Å². The number of rotatable bonds is 6. The van der Waals surface area contributed by atoms with Gasteiger partial charge in [0.15, 0.2) is 0 Å². The van der Waals surface area contributed by atoms with Crippen molar-refractivity contribution in [2.45, 2.75) is 57.8 Å². The molecular weight excluding hydrogens is 367 g/mol. The van der Waals surface area contributed by atoms with Crippen LogP contribution in [0.1, 0.15) is 68.1 Å². The molecule has 0 aliphatic heterocycles. The van der Waals surface area contributed by atoms with Crippen LogP contribution in [0.3, 0.4) is 0 Å². The van der Waals surface area contributed by atoms with Crippen LogP contribution < -0.4 is 0 Å². The Labute approximate surface area is 172 Å². The zero-order chi connectivity index (χ0) is 19.5. The average Bonchev–Trinajstić information content (AvgIpc) is 2.71. The first-order chi connectivity index (χ1) is 13.7. The van der Waals surface area contributed by atoms with Gasteiger partial charge in [0, 0.05) is 10.9 Å². The normalized spacial score (nSPS) is 19.0. The fourth-order valence-corrected chi connectivity index (χ4v) is 5.08. The summed E-state index contributed by atoms with van der Waals surface area (Å²) in [4.78, 5) is 0. The van der Waals surface area contributed by atoms with Crippen molar-refractivity contribution < 1.29 is 4.39 Å². The molecule has 4 rings (SSSR count). The van der Waals surface area contributed by atoms with Gasteiger partial charge in [-0.25, -0.2) is 4.39 Å². The summed E-state index contributed by atoms with van der Waals surface area (Å²) in [5, 5.41) is 3.00. The van der Waals surface area contributed by atoms with Gasteiger partial charge in [-0.05, 0) is 76.9 Å². The zero-order valence-corrected chi connectivity index (χ0v) is 17.3. The van der Waals surface area contributed by atoms with Gasteiger partial charge in [-0.15, -0.1) is 0 Å². The fourth-order valence-electron chi connectivity index (χ4n) is 4.96. The van der Waals surface area contributed by atoms with Crippen LogP contribution >= 0.6 is 11.6 Å². The third-order valence-electron chi connectivity index (χ3n) is 6.36. The molecule has 3 aromatic carbocycles. The van der Waals surface area contributed by atoms with Crippen molar-refractivity contribution in [2.75, 3.05) is 0 Å². The second kappa shape index (κ2) is 8.66. The molecule has 0 bridgehead atoms. The van der Waals surface area contributed by atoms with E-state index in [2.05, 4.69) is 31.2 Å². The Hall–Kier alpha value is -1.86. The van der Waals surface area contributed by atoms with Gasteiger partial charge >= 0.3 is 0 Å². The van der Waals surface area contributed by atoms with Crippen LogP contribution in [0, 0.1) is 11.7 Å². The molecule has 0 amide bonds. The highest BCUT2D eigenvalue weighted by Crippen LogP contribution is 2.45. The van der Waals surface area contributed by atoms with E-state index in [0.29, 0.717) is 11.8 Å².